The molecule has 0 bridgehead atoms. The third-order valence-electron chi connectivity index (χ3n) is 6.46. The first-order valence-electron chi connectivity index (χ1n) is 12.2. The number of hydrogen-bond donors (Lipinski definition) is 0. The largest absolute Gasteiger partial charge is 0.422 e. The molecular formula is C30H25F7. The van der Waals surface area contributed by atoms with Gasteiger partial charge in [-0.2, -0.15) is 13.2 Å². The van der Waals surface area contributed by atoms with Crippen molar-refractivity contribution in [2.45, 2.75) is 51.6 Å². The molecular weight excluding hydrogens is 493 g/mol. The van der Waals surface area contributed by atoms with Crippen molar-refractivity contribution in [1.29, 1.82) is 0 Å². The number of benzene rings is 4. The average molecular weight is 519 g/mol. The van der Waals surface area contributed by atoms with Crippen LogP contribution in [-0.2, 0) is 12.6 Å². The molecule has 0 saturated carbocycles. The zero-order chi connectivity index (χ0) is 26.7. The van der Waals surface area contributed by atoms with Gasteiger partial charge in [0.25, 0.3) is 0 Å². The highest BCUT2D eigenvalue weighted by atomic mass is 19.4. The minimum absolute atomic E-state index is 0.188. The molecule has 194 valence electrons. The maximum atomic E-state index is 14.9. The second kappa shape index (κ2) is 11.0. The number of halogens is 7. The van der Waals surface area contributed by atoms with E-state index in [1.165, 1.54) is 31.2 Å². The van der Waals surface area contributed by atoms with Crippen LogP contribution < -0.4 is 0 Å². The van der Waals surface area contributed by atoms with Crippen molar-refractivity contribution in [3.05, 3.63) is 95.1 Å². The number of unbranched alkanes of at least 4 members (excludes halogenated alkanes) is 4. The fourth-order valence-corrected chi connectivity index (χ4v) is 4.57. The summed E-state index contributed by atoms with van der Waals surface area (Å²) in [6.45, 7) is 2.18. The van der Waals surface area contributed by atoms with Gasteiger partial charge in [0.2, 0.25) is 0 Å². The Hall–Kier alpha value is -3.35. The Balaban J connectivity index is 1.61. The van der Waals surface area contributed by atoms with Gasteiger partial charge in [0.05, 0.1) is 5.56 Å². The van der Waals surface area contributed by atoms with Crippen LogP contribution in [0.3, 0.4) is 0 Å². The summed E-state index contributed by atoms with van der Waals surface area (Å²) < 4.78 is 96.4. The highest BCUT2D eigenvalue weighted by Gasteiger charge is 2.38. The molecule has 4 rings (SSSR count). The second-order valence-corrected chi connectivity index (χ2v) is 9.19. The first-order chi connectivity index (χ1) is 17.6. The Kier molecular flexibility index (Phi) is 7.90. The van der Waals surface area contributed by atoms with Crippen LogP contribution in [0.25, 0.3) is 33.0 Å². The number of fused-ring (bicyclic) bond motifs is 1. The molecule has 4 aromatic carbocycles. The standard InChI is InChI=1S/C30H25F7/c1-2-3-4-5-6-7-18-8-9-20-13-21(11-10-19(20)12-18)22-14-24(31)28(25(32)15-22)23-16-26(33)29(27(34)17-23)30(35,36)37/h8-17H,2-7H2,1H3. The third-order valence-corrected chi connectivity index (χ3v) is 6.46. The molecule has 0 atom stereocenters. The van der Waals surface area contributed by atoms with E-state index in [-0.39, 0.29) is 17.7 Å². The van der Waals surface area contributed by atoms with Crippen molar-refractivity contribution >= 4 is 10.8 Å². The number of rotatable bonds is 8. The van der Waals surface area contributed by atoms with Gasteiger partial charge in [-0.1, -0.05) is 62.9 Å². The normalized spacial score (nSPS) is 11.9. The van der Waals surface area contributed by atoms with E-state index >= 15 is 0 Å². The lowest BCUT2D eigenvalue weighted by atomic mass is 9.95. The summed E-state index contributed by atoms with van der Waals surface area (Å²) >= 11 is 0. The average Bonchev–Trinajstić information content (AvgIpc) is 2.81. The summed E-state index contributed by atoms with van der Waals surface area (Å²) in [6.07, 6.45) is 1.65. The predicted octanol–water partition coefficient (Wildman–Crippen LogP) is 10.3. The van der Waals surface area contributed by atoms with Crippen LogP contribution in [0, 0.1) is 23.3 Å². The zero-order valence-corrected chi connectivity index (χ0v) is 20.2. The predicted molar refractivity (Wildman–Crippen MR) is 132 cm³/mol. The molecule has 0 fully saturated rings. The molecule has 0 aromatic heterocycles. The molecule has 4 aromatic rings. The lowest BCUT2D eigenvalue weighted by Crippen LogP contribution is -2.11. The number of aryl methyl sites for hydroxylation is 1. The highest BCUT2D eigenvalue weighted by Crippen LogP contribution is 2.38. The van der Waals surface area contributed by atoms with Crippen LogP contribution in [0.5, 0.6) is 0 Å². The van der Waals surface area contributed by atoms with Gasteiger partial charge >= 0.3 is 6.18 Å². The molecule has 0 aliphatic rings. The van der Waals surface area contributed by atoms with Crippen molar-refractivity contribution in [2.24, 2.45) is 0 Å². The first-order valence-corrected chi connectivity index (χ1v) is 12.2. The summed E-state index contributed by atoms with van der Waals surface area (Å²) in [6, 6.07) is 14.0. The van der Waals surface area contributed by atoms with Gasteiger partial charge in [-0.15, -0.1) is 0 Å². The van der Waals surface area contributed by atoms with Crippen LogP contribution in [0.15, 0.2) is 60.7 Å². The minimum Gasteiger partial charge on any atom is -0.206 e. The van der Waals surface area contributed by atoms with E-state index in [0.717, 1.165) is 35.7 Å². The van der Waals surface area contributed by atoms with E-state index in [2.05, 4.69) is 13.0 Å². The maximum absolute atomic E-state index is 14.9. The first kappa shape index (κ1) is 26.7. The van der Waals surface area contributed by atoms with E-state index in [1.54, 1.807) is 12.1 Å². The van der Waals surface area contributed by atoms with Gasteiger partial charge in [0.15, 0.2) is 0 Å². The summed E-state index contributed by atoms with van der Waals surface area (Å²) in [5.74, 6) is -6.18. The maximum Gasteiger partial charge on any atom is 0.422 e. The van der Waals surface area contributed by atoms with Crippen LogP contribution in [-0.4, -0.2) is 0 Å². The molecule has 0 amide bonds. The third kappa shape index (κ3) is 5.97. The monoisotopic (exact) mass is 518 g/mol. The van der Waals surface area contributed by atoms with Crippen LogP contribution in [0.4, 0.5) is 30.7 Å². The zero-order valence-electron chi connectivity index (χ0n) is 20.2. The smallest absolute Gasteiger partial charge is 0.206 e. The van der Waals surface area contributed by atoms with Crippen LogP contribution in [0.2, 0.25) is 0 Å². The molecule has 0 radical (unpaired) electrons. The van der Waals surface area contributed by atoms with E-state index in [1.807, 2.05) is 18.2 Å². The SMILES string of the molecule is CCCCCCCc1ccc2cc(-c3cc(F)c(-c4cc(F)c(C(F)(F)F)c(F)c4)c(F)c3)ccc2c1. The van der Waals surface area contributed by atoms with E-state index in [9.17, 15) is 30.7 Å². The highest BCUT2D eigenvalue weighted by molar-refractivity contribution is 5.88. The van der Waals surface area contributed by atoms with Crippen LogP contribution in [0.1, 0.15) is 50.2 Å². The molecule has 0 nitrogen and oxygen atoms in total. The minimum atomic E-state index is -5.28. The molecule has 0 aliphatic heterocycles. The molecule has 0 spiro atoms. The quantitative estimate of drug-likeness (QED) is 0.161. The molecule has 0 N–H and O–H groups in total. The molecule has 0 unspecified atom stereocenters. The van der Waals surface area contributed by atoms with Gasteiger partial charge in [0.1, 0.15) is 28.8 Å². The van der Waals surface area contributed by atoms with Crippen molar-refractivity contribution in [1.82, 2.24) is 0 Å². The molecule has 0 heterocycles. The Bertz CT molecular complexity index is 1370. The number of hydrogen-bond acceptors (Lipinski definition) is 0. The number of alkyl halides is 3. The van der Waals surface area contributed by atoms with Gasteiger partial charge in [-0.3, -0.25) is 0 Å². The van der Waals surface area contributed by atoms with E-state index in [4.69, 9.17) is 0 Å². The Labute approximate surface area is 210 Å². The van der Waals surface area contributed by atoms with Crippen molar-refractivity contribution in [2.75, 3.05) is 0 Å². The molecule has 7 heteroatoms. The fraction of sp³-hybridized carbons (Fsp3) is 0.267. The van der Waals surface area contributed by atoms with Crippen molar-refractivity contribution < 1.29 is 30.7 Å². The lowest BCUT2D eigenvalue weighted by molar-refractivity contribution is -0.142. The van der Waals surface area contributed by atoms with E-state index < -0.39 is 46.1 Å². The Morgan fingerprint density at radius 2 is 1.14 bits per heavy atom. The fourth-order valence-electron chi connectivity index (χ4n) is 4.57. The lowest BCUT2D eigenvalue weighted by Gasteiger charge is -2.13. The second-order valence-electron chi connectivity index (χ2n) is 9.19. The molecule has 0 aliphatic carbocycles. The molecule has 37 heavy (non-hydrogen) atoms. The summed E-state index contributed by atoms with van der Waals surface area (Å²) in [5.41, 5.74) is -1.65. The van der Waals surface area contributed by atoms with Gasteiger partial charge < -0.3 is 0 Å². The Morgan fingerprint density at radius 1 is 0.568 bits per heavy atom. The summed E-state index contributed by atoms with van der Waals surface area (Å²) in [4.78, 5) is 0. The molecule has 0 saturated heterocycles. The van der Waals surface area contributed by atoms with Gasteiger partial charge in [-0.25, -0.2) is 17.6 Å². The van der Waals surface area contributed by atoms with Crippen molar-refractivity contribution in [3.8, 4) is 22.3 Å². The van der Waals surface area contributed by atoms with E-state index in [0.29, 0.717) is 5.56 Å². The van der Waals surface area contributed by atoms with Crippen molar-refractivity contribution in [3.63, 3.8) is 0 Å². The summed E-state index contributed by atoms with van der Waals surface area (Å²) in [7, 11) is 0. The summed E-state index contributed by atoms with van der Waals surface area (Å²) in [5, 5.41) is 1.87. The Morgan fingerprint density at radius 3 is 1.76 bits per heavy atom. The van der Waals surface area contributed by atoms with Gasteiger partial charge in [-0.05, 0) is 76.2 Å². The van der Waals surface area contributed by atoms with Gasteiger partial charge in [0, 0.05) is 0 Å². The van der Waals surface area contributed by atoms with Crippen LogP contribution >= 0.6 is 0 Å². The topological polar surface area (TPSA) is 0 Å².